The molecule has 0 bridgehead atoms. The average molecular weight is 215 g/mol. The van der Waals surface area contributed by atoms with Gasteiger partial charge in [-0.2, -0.15) is 0 Å². The van der Waals surface area contributed by atoms with Crippen molar-refractivity contribution in [2.45, 2.75) is 33.2 Å². The second-order valence-electron chi connectivity index (χ2n) is 4.47. The van der Waals surface area contributed by atoms with Crippen LogP contribution in [0.25, 0.3) is 10.9 Å². The van der Waals surface area contributed by atoms with Gasteiger partial charge in [-0.1, -0.05) is 12.1 Å². The van der Waals surface area contributed by atoms with Crippen molar-refractivity contribution in [3.05, 3.63) is 35.5 Å². The number of benzene rings is 1. The fourth-order valence-electron chi connectivity index (χ4n) is 2.40. The Hall–Kier alpha value is -1.57. The minimum absolute atomic E-state index is 0.448. The van der Waals surface area contributed by atoms with Crippen LogP contribution in [0.1, 0.15) is 31.1 Å². The smallest absolute Gasteiger partial charge is 0.124 e. The van der Waals surface area contributed by atoms with E-state index in [1.807, 2.05) is 12.1 Å². The monoisotopic (exact) mass is 215 g/mol. The van der Waals surface area contributed by atoms with Crippen molar-refractivity contribution in [3.63, 3.8) is 0 Å². The van der Waals surface area contributed by atoms with Crippen LogP contribution in [0.2, 0.25) is 0 Å². The Morgan fingerprint density at radius 1 is 1.38 bits per heavy atom. The van der Waals surface area contributed by atoms with E-state index in [1.54, 1.807) is 0 Å². The van der Waals surface area contributed by atoms with Gasteiger partial charge in [0.05, 0.1) is 0 Å². The Bertz CT molecular complexity index is 523. The fraction of sp³-hybridized carbons (Fsp3) is 0.357. The second-order valence-corrected chi connectivity index (χ2v) is 4.47. The zero-order valence-corrected chi connectivity index (χ0v) is 10.0. The highest BCUT2D eigenvalue weighted by Crippen LogP contribution is 2.26. The van der Waals surface area contributed by atoms with Gasteiger partial charge in [0, 0.05) is 29.1 Å². The molecule has 0 unspecified atom stereocenters. The normalized spacial score (nSPS) is 11.2. The van der Waals surface area contributed by atoms with Crippen molar-refractivity contribution < 1.29 is 4.79 Å². The molecule has 0 atom stereocenters. The van der Waals surface area contributed by atoms with Gasteiger partial charge in [0.15, 0.2) is 0 Å². The van der Waals surface area contributed by atoms with E-state index in [1.165, 1.54) is 16.6 Å². The van der Waals surface area contributed by atoms with Crippen LogP contribution in [0.3, 0.4) is 0 Å². The van der Waals surface area contributed by atoms with Gasteiger partial charge in [0.25, 0.3) is 0 Å². The molecule has 0 spiro atoms. The number of carbonyl (C=O) groups excluding carboxylic acids is 1. The number of aryl methyl sites for hydroxylation is 1. The standard InChI is InChI=1S/C14H17NO/c1-10(2)15-11(3)9-13-12(7-8-16)5-4-6-14(13)15/h4-6,8-10H,7H2,1-3H3. The largest absolute Gasteiger partial charge is 0.342 e. The van der Waals surface area contributed by atoms with Crippen LogP contribution in [-0.2, 0) is 11.2 Å². The van der Waals surface area contributed by atoms with E-state index in [2.05, 4.69) is 37.5 Å². The molecule has 1 aromatic carbocycles. The average Bonchev–Trinajstić information content (AvgIpc) is 2.55. The molecule has 0 N–H and O–H groups in total. The molecule has 2 heteroatoms. The minimum atomic E-state index is 0.448. The molecule has 0 saturated carbocycles. The van der Waals surface area contributed by atoms with Crippen LogP contribution < -0.4 is 0 Å². The number of hydrogen-bond acceptors (Lipinski definition) is 1. The Kier molecular flexibility index (Phi) is 2.82. The zero-order valence-electron chi connectivity index (χ0n) is 10.0. The number of aldehydes is 1. The number of hydrogen-bond donors (Lipinski definition) is 0. The molecule has 84 valence electrons. The molecule has 2 nitrogen and oxygen atoms in total. The van der Waals surface area contributed by atoms with Crippen LogP contribution in [0.15, 0.2) is 24.3 Å². The summed E-state index contributed by atoms with van der Waals surface area (Å²) in [7, 11) is 0. The van der Waals surface area contributed by atoms with E-state index in [-0.39, 0.29) is 0 Å². The quantitative estimate of drug-likeness (QED) is 0.720. The van der Waals surface area contributed by atoms with Gasteiger partial charge in [-0.05, 0) is 38.5 Å². The first-order valence-electron chi connectivity index (χ1n) is 5.68. The maximum absolute atomic E-state index is 10.6. The van der Waals surface area contributed by atoms with E-state index in [4.69, 9.17) is 0 Å². The number of rotatable bonds is 3. The molecule has 0 saturated heterocycles. The molecular weight excluding hydrogens is 198 g/mol. The molecule has 1 heterocycles. The van der Waals surface area contributed by atoms with Crippen molar-refractivity contribution in [1.29, 1.82) is 0 Å². The molecule has 1 aromatic heterocycles. The Morgan fingerprint density at radius 3 is 2.75 bits per heavy atom. The van der Waals surface area contributed by atoms with Crippen LogP contribution in [0, 0.1) is 6.92 Å². The molecule has 16 heavy (non-hydrogen) atoms. The summed E-state index contributed by atoms with van der Waals surface area (Å²) < 4.78 is 2.31. The van der Waals surface area contributed by atoms with Gasteiger partial charge in [-0.3, -0.25) is 0 Å². The van der Waals surface area contributed by atoms with Crippen molar-refractivity contribution >= 4 is 17.2 Å². The Labute approximate surface area is 95.9 Å². The highest BCUT2D eigenvalue weighted by molar-refractivity contribution is 5.86. The highest BCUT2D eigenvalue weighted by Gasteiger charge is 2.10. The van der Waals surface area contributed by atoms with Gasteiger partial charge >= 0.3 is 0 Å². The second kappa shape index (κ2) is 4.12. The van der Waals surface area contributed by atoms with Gasteiger partial charge in [0.2, 0.25) is 0 Å². The Morgan fingerprint density at radius 2 is 2.12 bits per heavy atom. The molecule has 2 aromatic rings. The van der Waals surface area contributed by atoms with E-state index < -0.39 is 0 Å². The number of carbonyl (C=O) groups is 1. The predicted octanol–water partition coefficient (Wildman–Crippen LogP) is 3.27. The molecule has 0 aliphatic carbocycles. The lowest BCUT2D eigenvalue weighted by molar-refractivity contribution is -0.107. The van der Waals surface area contributed by atoms with Gasteiger partial charge in [-0.15, -0.1) is 0 Å². The number of aromatic nitrogens is 1. The summed E-state index contributed by atoms with van der Waals surface area (Å²) in [4.78, 5) is 10.6. The van der Waals surface area contributed by atoms with Gasteiger partial charge in [0.1, 0.15) is 6.29 Å². The van der Waals surface area contributed by atoms with Crippen molar-refractivity contribution in [1.82, 2.24) is 4.57 Å². The van der Waals surface area contributed by atoms with Crippen molar-refractivity contribution in [2.75, 3.05) is 0 Å². The molecule has 0 amide bonds. The third kappa shape index (κ3) is 1.64. The van der Waals surface area contributed by atoms with E-state index >= 15 is 0 Å². The summed E-state index contributed by atoms with van der Waals surface area (Å²) in [5.41, 5.74) is 3.60. The first-order chi connectivity index (χ1) is 7.65. The summed E-state index contributed by atoms with van der Waals surface area (Å²) in [5.74, 6) is 0. The van der Waals surface area contributed by atoms with Crippen LogP contribution in [-0.4, -0.2) is 10.9 Å². The highest BCUT2D eigenvalue weighted by atomic mass is 16.1. The van der Waals surface area contributed by atoms with Gasteiger partial charge in [-0.25, -0.2) is 0 Å². The zero-order chi connectivity index (χ0) is 11.7. The SMILES string of the molecule is Cc1cc2c(CC=O)cccc2n1C(C)C. The molecule has 0 fully saturated rings. The van der Waals surface area contributed by atoms with E-state index in [0.29, 0.717) is 12.5 Å². The summed E-state index contributed by atoms with van der Waals surface area (Å²) in [6.45, 7) is 6.47. The maximum Gasteiger partial charge on any atom is 0.124 e. The summed E-state index contributed by atoms with van der Waals surface area (Å²) >= 11 is 0. The summed E-state index contributed by atoms with van der Waals surface area (Å²) in [5, 5.41) is 1.21. The summed E-state index contributed by atoms with van der Waals surface area (Å²) in [6.07, 6.45) is 1.47. The molecule has 0 radical (unpaired) electrons. The molecular formula is C14H17NO. The summed E-state index contributed by atoms with van der Waals surface area (Å²) in [6, 6.07) is 8.80. The van der Waals surface area contributed by atoms with E-state index in [0.717, 1.165) is 11.8 Å². The van der Waals surface area contributed by atoms with Gasteiger partial charge < -0.3 is 9.36 Å². The number of fused-ring (bicyclic) bond motifs is 1. The maximum atomic E-state index is 10.6. The van der Waals surface area contributed by atoms with Crippen LogP contribution in [0.4, 0.5) is 0 Å². The molecule has 2 rings (SSSR count). The predicted molar refractivity (Wildman–Crippen MR) is 66.8 cm³/mol. The third-order valence-corrected chi connectivity index (χ3v) is 2.99. The van der Waals surface area contributed by atoms with E-state index in [9.17, 15) is 4.79 Å². The fourth-order valence-corrected chi connectivity index (χ4v) is 2.40. The van der Waals surface area contributed by atoms with Crippen molar-refractivity contribution in [2.24, 2.45) is 0 Å². The first kappa shape index (κ1) is 10.9. The first-order valence-corrected chi connectivity index (χ1v) is 5.68. The lowest BCUT2D eigenvalue weighted by Gasteiger charge is -2.12. The lowest BCUT2D eigenvalue weighted by atomic mass is 10.1. The molecule has 0 aliphatic rings. The topological polar surface area (TPSA) is 22.0 Å². The minimum Gasteiger partial charge on any atom is -0.342 e. The van der Waals surface area contributed by atoms with Crippen LogP contribution >= 0.6 is 0 Å². The number of nitrogens with zero attached hydrogens (tertiary/aromatic N) is 1. The third-order valence-electron chi connectivity index (χ3n) is 2.99. The lowest BCUT2D eigenvalue weighted by Crippen LogP contribution is -2.02. The molecule has 0 aliphatic heterocycles. The van der Waals surface area contributed by atoms with Crippen LogP contribution in [0.5, 0.6) is 0 Å². The van der Waals surface area contributed by atoms with Crippen molar-refractivity contribution in [3.8, 4) is 0 Å². The Balaban J connectivity index is 2.72.